The molecule has 0 spiro atoms. The zero-order valence-corrected chi connectivity index (χ0v) is 11.4. The molecule has 0 atom stereocenters. The maximum absolute atomic E-state index is 11.9. The highest BCUT2D eigenvalue weighted by Gasteiger charge is 2.24. The smallest absolute Gasteiger partial charge is 0.225 e. The van der Waals surface area contributed by atoms with Gasteiger partial charge in [0.25, 0.3) is 0 Å². The van der Waals surface area contributed by atoms with Crippen molar-refractivity contribution in [2.24, 2.45) is 0 Å². The average Bonchev–Trinajstić information content (AvgIpc) is 2.50. The van der Waals surface area contributed by atoms with Gasteiger partial charge in [-0.1, -0.05) is 6.07 Å². The van der Waals surface area contributed by atoms with Crippen LogP contribution in [0.25, 0.3) is 0 Å². The highest BCUT2D eigenvalue weighted by molar-refractivity contribution is 6.18. The summed E-state index contributed by atoms with van der Waals surface area (Å²) in [4.78, 5) is 34.6. The lowest BCUT2D eigenvalue weighted by Gasteiger charge is -2.15. The van der Waals surface area contributed by atoms with Crippen LogP contribution in [0.1, 0.15) is 10.4 Å². The molecule has 0 saturated heterocycles. The predicted molar refractivity (Wildman–Crippen MR) is 72.2 cm³/mol. The van der Waals surface area contributed by atoms with Crippen LogP contribution in [-0.2, 0) is 14.3 Å². The van der Waals surface area contributed by atoms with Crippen molar-refractivity contribution in [3.05, 3.63) is 47.4 Å². The van der Waals surface area contributed by atoms with Crippen molar-refractivity contribution >= 4 is 17.9 Å². The van der Waals surface area contributed by atoms with Crippen molar-refractivity contribution in [2.75, 3.05) is 14.2 Å². The van der Waals surface area contributed by atoms with Crippen LogP contribution in [0.4, 0.5) is 0 Å². The summed E-state index contributed by atoms with van der Waals surface area (Å²) >= 11 is 0. The first-order valence-electron chi connectivity index (χ1n) is 5.96. The molecule has 1 aromatic carbocycles. The summed E-state index contributed by atoms with van der Waals surface area (Å²) in [6, 6.07) is 4.70. The lowest BCUT2D eigenvalue weighted by molar-refractivity contribution is -0.118. The van der Waals surface area contributed by atoms with E-state index < -0.39 is 11.6 Å². The Kier molecular flexibility index (Phi) is 4.18. The summed E-state index contributed by atoms with van der Waals surface area (Å²) in [6.45, 7) is 0. The Balaban J connectivity index is 2.38. The summed E-state index contributed by atoms with van der Waals surface area (Å²) in [5, 5.41) is 0. The van der Waals surface area contributed by atoms with E-state index in [-0.39, 0.29) is 28.6 Å². The molecule has 0 bridgehead atoms. The number of carbonyl (C=O) groups is 3. The Bertz CT molecular complexity index is 669. The van der Waals surface area contributed by atoms with Gasteiger partial charge >= 0.3 is 0 Å². The summed E-state index contributed by atoms with van der Waals surface area (Å²) in [7, 11) is 2.70. The highest BCUT2D eigenvalue weighted by atomic mass is 16.5. The first-order valence-corrected chi connectivity index (χ1v) is 5.96. The van der Waals surface area contributed by atoms with E-state index in [0.29, 0.717) is 6.29 Å². The number of hydrogen-bond donors (Lipinski definition) is 0. The fourth-order valence-electron chi connectivity index (χ4n) is 1.77. The van der Waals surface area contributed by atoms with Crippen molar-refractivity contribution in [3.63, 3.8) is 0 Å². The quantitative estimate of drug-likeness (QED) is 0.602. The zero-order chi connectivity index (χ0) is 15.4. The topological polar surface area (TPSA) is 78.9 Å². The first kappa shape index (κ1) is 14.5. The van der Waals surface area contributed by atoms with Gasteiger partial charge < -0.3 is 14.2 Å². The number of ether oxygens (including phenoxy) is 3. The SMILES string of the molecule is COC1=CC(=O)C(Oc2c(C=O)cccc2OC)=CC1=O. The third kappa shape index (κ3) is 2.84. The van der Waals surface area contributed by atoms with Crippen LogP contribution in [0.3, 0.4) is 0 Å². The number of hydrogen-bond acceptors (Lipinski definition) is 6. The van der Waals surface area contributed by atoms with Crippen molar-refractivity contribution in [2.45, 2.75) is 0 Å². The minimum Gasteiger partial charge on any atom is -0.493 e. The Morgan fingerprint density at radius 1 is 0.952 bits per heavy atom. The van der Waals surface area contributed by atoms with E-state index in [1.807, 2.05) is 0 Å². The third-order valence-electron chi connectivity index (χ3n) is 2.80. The van der Waals surface area contributed by atoms with Crippen molar-refractivity contribution < 1.29 is 28.6 Å². The van der Waals surface area contributed by atoms with Crippen molar-refractivity contribution in [1.82, 2.24) is 0 Å². The number of ketones is 2. The van der Waals surface area contributed by atoms with Crippen LogP contribution in [0.15, 0.2) is 41.9 Å². The van der Waals surface area contributed by atoms with E-state index in [4.69, 9.17) is 14.2 Å². The van der Waals surface area contributed by atoms with E-state index in [0.717, 1.165) is 12.2 Å². The molecule has 2 rings (SSSR count). The summed E-state index contributed by atoms with van der Waals surface area (Å²) < 4.78 is 15.3. The van der Waals surface area contributed by atoms with Gasteiger partial charge in [0.2, 0.25) is 11.6 Å². The molecule has 1 aliphatic rings. The fraction of sp³-hybridized carbons (Fsp3) is 0.133. The first-order chi connectivity index (χ1) is 10.1. The number of allylic oxidation sites excluding steroid dienone is 2. The van der Waals surface area contributed by atoms with Gasteiger partial charge in [0.1, 0.15) is 0 Å². The van der Waals surface area contributed by atoms with Crippen molar-refractivity contribution in [1.29, 1.82) is 0 Å². The van der Waals surface area contributed by atoms with E-state index in [1.54, 1.807) is 12.1 Å². The normalized spacial score (nSPS) is 14.2. The molecule has 1 aliphatic carbocycles. The largest absolute Gasteiger partial charge is 0.493 e. The summed E-state index contributed by atoms with van der Waals surface area (Å²) in [5.74, 6) is -0.931. The van der Waals surface area contributed by atoms with Gasteiger partial charge in [-0.05, 0) is 12.1 Å². The average molecular weight is 288 g/mol. The Labute approximate surface area is 120 Å². The van der Waals surface area contributed by atoms with Crippen molar-refractivity contribution in [3.8, 4) is 11.5 Å². The minimum absolute atomic E-state index is 0.0667. The van der Waals surface area contributed by atoms with Crippen LogP contribution >= 0.6 is 0 Å². The molecule has 0 amide bonds. The monoisotopic (exact) mass is 288 g/mol. The van der Waals surface area contributed by atoms with E-state index >= 15 is 0 Å². The molecule has 0 aromatic heterocycles. The number of carbonyl (C=O) groups excluding carboxylic acids is 3. The van der Waals surface area contributed by atoms with Gasteiger partial charge in [-0.15, -0.1) is 0 Å². The van der Waals surface area contributed by atoms with Crippen LogP contribution in [0.5, 0.6) is 11.5 Å². The minimum atomic E-state index is -0.533. The fourth-order valence-corrected chi connectivity index (χ4v) is 1.77. The summed E-state index contributed by atoms with van der Waals surface area (Å²) in [5.41, 5.74) is 0.206. The molecule has 0 heterocycles. The maximum atomic E-state index is 11.9. The number of para-hydroxylation sites is 1. The molecule has 21 heavy (non-hydrogen) atoms. The van der Waals surface area contributed by atoms with Gasteiger partial charge in [-0.3, -0.25) is 14.4 Å². The molecular weight excluding hydrogens is 276 g/mol. The van der Waals surface area contributed by atoms with Crippen LogP contribution in [0, 0.1) is 0 Å². The Morgan fingerprint density at radius 3 is 2.24 bits per heavy atom. The Morgan fingerprint density at radius 2 is 1.62 bits per heavy atom. The lowest BCUT2D eigenvalue weighted by Crippen LogP contribution is -2.18. The maximum Gasteiger partial charge on any atom is 0.225 e. The molecule has 0 saturated carbocycles. The van der Waals surface area contributed by atoms with Crippen LogP contribution in [0.2, 0.25) is 0 Å². The Hall–Kier alpha value is -2.89. The van der Waals surface area contributed by atoms with E-state index in [1.165, 1.54) is 20.3 Å². The number of aldehydes is 1. The molecule has 0 radical (unpaired) electrons. The second-order valence-electron chi connectivity index (χ2n) is 4.05. The third-order valence-corrected chi connectivity index (χ3v) is 2.80. The molecule has 0 fully saturated rings. The molecule has 6 nitrogen and oxygen atoms in total. The second kappa shape index (κ2) is 6.04. The summed E-state index contributed by atoms with van der Waals surface area (Å²) in [6.07, 6.45) is 2.62. The number of rotatable bonds is 5. The van der Waals surface area contributed by atoms with Crippen LogP contribution in [-0.4, -0.2) is 32.1 Å². The molecule has 6 heteroatoms. The van der Waals surface area contributed by atoms with Crippen LogP contribution < -0.4 is 9.47 Å². The number of methoxy groups -OCH3 is 2. The van der Waals surface area contributed by atoms with Gasteiger partial charge in [0, 0.05) is 12.2 Å². The second-order valence-corrected chi connectivity index (χ2v) is 4.05. The number of benzene rings is 1. The lowest BCUT2D eigenvalue weighted by atomic mass is 10.1. The standard InChI is InChI=1S/C15H12O6/c1-19-12-5-3-4-9(8-16)15(12)21-14-7-10(17)13(20-2)6-11(14)18/h3-8H,1-2H3. The van der Waals surface area contributed by atoms with Gasteiger partial charge in [0.15, 0.2) is 29.3 Å². The molecule has 1 aromatic rings. The zero-order valence-electron chi connectivity index (χ0n) is 11.4. The molecule has 0 unspecified atom stereocenters. The molecule has 108 valence electrons. The van der Waals surface area contributed by atoms with E-state index in [2.05, 4.69) is 0 Å². The predicted octanol–water partition coefficient (Wildman–Crippen LogP) is 1.45. The van der Waals surface area contributed by atoms with Gasteiger partial charge in [-0.25, -0.2) is 0 Å². The van der Waals surface area contributed by atoms with E-state index in [9.17, 15) is 14.4 Å². The van der Waals surface area contributed by atoms with Gasteiger partial charge in [-0.2, -0.15) is 0 Å². The molecular formula is C15H12O6. The van der Waals surface area contributed by atoms with Gasteiger partial charge in [0.05, 0.1) is 19.8 Å². The molecule has 0 N–H and O–H groups in total. The highest BCUT2D eigenvalue weighted by Crippen LogP contribution is 2.32. The molecule has 0 aliphatic heterocycles.